The normalized spacial score (nSPS) is 10.3. The minimum absolute atomic E-state index is 0.201. The topological polar surface area (TPSA) is 64.1 Å². The SMILES string of the molecule is CCOc1cc(C)c(CCNC(=O)c2cnccn2)cc1C. The predicted octanol–water partition coefficient (Wildman–Crippen LogP) is 2.46. The van der Waals surface area contributed by atoms with Crippen LogP contribution >= 0.6 is 0 Å². The largest absolute Gasteiger partial charge is 0.494 e. The van der Waals surface area contributed by atoms with Gasteiger partial charge in [-0.25, -0.2) is 4.98 Å². The van der Waals surface area contributed by atoms with Gasteiger partial charge in [0, 0.05) is 18.9 Å². The van der Waals surface area contributed by atoms with E-state index in [1.165, 1.54) is 23.5 Å². The number of carbonyl (C=O) groups excluding carboxylic acids is 1. The molecule has 0 atom stereocenters. The summed E-state index contributed by atoms with van der Waals surface area (Å²) in [6.45, 7) is 7.29. The number of amides is 1. The molecular formula is C17H21N3O2. The molecule has 2 rings (SSSR count). The Morgan fingerprint density at radius 3 is 2.73 bits per heavy atom. The Morgan fingerprint density at radius 1 is 1.23 bits per heavy atom. The van der Waals surface area contributed by atoms with E-state index in [9.17, 15) is 4.79 Å². The van der Waals surface area contributed by atoms with Gasteiger partial charge in [-0.2, -0.15) is 0 Å². The van der Waals surface area contributed by atoms with Gasteiger partial charge in [-0.1, -0.05) is 6.07 Å². The molecule has 0 saturated carbocycles. The van der Waals surface area contributed by atoms with Crippen LogP contribution < -0.4 is 10.1 Å². The molecule has 5 nitrogen and oxygen atoms in total. The highest BCUT2D eigenvalue weighted by Gasteiger charge is 2.08. The summed E-state index contributed by atoms with van der Waals surface area (Å²) in [6.07, 6.45) is 5.28. The van der Waals surface area contributed by atoms with E-state index < -0.39 is 0 Å². The smallest absolute Gasteiger partial charge is 0.271 e. The quantitative estimate of drug-likeness (QED) is 0.890. The van der Waals surface area contributed by atoms with E-state index in [0.29, 0.717) is 18.8 Å². The van der Waals surface area contributed by atoms with Gasteiger partial charge >= 0.3 is 0 Å². The maximum absolute atomic E-state index is 11.9. The average molecular weight is 299 g/mol. The number of benzene rings is 1. The molecule has 0 aliphatic carbocycles. The Morgan fingerprint density at radius 2 is 2.05 bits per heavy atom. The van der Waals surface area contributed by atoms with E-state index in [1.54, 1.807) is 6.20 Å². The van der Waals surface area contributed by atoms with Crippen molar-refractivity contribution in [3.05, 3.63) is 53.1 Å². The summed E-state index contributed by atoms with van der Waals surface area (Å²) >= 11 is 0. The first-order valence-electron chi connectivity index (χ1n) is 7.39. The van der Waals surface area contributed by atoms with Gasteiger partial charge in [0.2, 0.25) is 0 Å². The highest BCUT2D eigenvalue weighted by atomic mass is 16.5. The van der Waals surface area contributed by atoms with Gasteiger partial charge in [0.1, 0.15) is 11.4 Å². The number of aromatic nitrogens is 2. The molecule has 0 aliphatic rings. The third-order valence-electron chi connectivity index (χ3n) is 3.41. The van der Waals surface area contributed by atoms with Crippen molar-refractivity contribution in [1.29, 1.82) is 0 Å². The van der Waals surface area contributed by atoms with Crippen LogP contribution in [-0.4, -0.2) is 29.0 Å². The number of hydrogen-bond acceptors (Lipinski definition) is 4. The Kier molecular flexibility index (Phi) is 5.47. The molecule has 5 heteroatoms. The van der Waals surface area contributed by atoms with E-state index in [1.807, 2.05) is 13.8 Å². The van der Waals surface area contributed by atoms with Crippen LogP contribution in [0.3, 0.4) is 0 Å². The first-order chi connectivity index (χ1) is 10.6. The molecule has 0 aliphatic heterocycles. The molecule has 2 aromatic rings. The van der Waals surface area contributed by atoms with Crippen LogP contribution in [0.4, 0.5) is 0 Å². The predicted molar refractivity (Wildman–Crippen MR) is 85.2 cm³/mol. The zero-order valence-corrected chi connectivity index (χ0v) is 13.2. The van der Waals surface area contributed by atoms with E-state index in [4.69, 9.17) is 4.74 Å². The summed E-state index contributed by atoms with van der Waals surface area (Å²) in [5, 5.41) is 2.86. The van der Waals surface area contributed by atoms with Gasteiger partial charge in [0.25, 0.3) is 5.91 Å². The van der Waals surface area contributed by atoms with E-state index in [2.05, 4.69) is 34.3 Å². The van der Waals surface area contributed by atoms with Crippen LogP contribution in [0.2, 0.25) is 0 Å². The van der Waals surface area contributed by atoms with Crippen molar-refractivity contribution in [3.8, 4) is 5.75 Å². The third kappa shape index (κ3) is 4.04. The number of ether oxygens (including phenoxy) is 1. The van der Waals surface area contributed by atoms with E-state index in [0.717, 1.165) is 17.7 Å². The lowest BCUT2D eigenvalue weighted by molar-refractivity contribution is 0.0948. The van der Waals surface area contributed by atoms with Crippen LogP contribution in [0.5, 0.6) is 5.75 Å². The number of hydrogen-bond donors (Lipinski definition) is 1. The number of rotatable bonds is 6. The van der Waals surface area contributed by atoms with Crippen LogP contribution in [0.15, 0.2) is 30.7 Å². The highest BCUT2D eigenvalue weighted by molar-refractivity contribution is 5.91. The Labute approximate surface area is 130 Å². The molecule has 0 radical (unpaired) electrons. The minimum Gasteiger partial charge on any atom is -0.494 e. The molecule has 1 heterocycles. The highest BCUT2D eigenvalue weighted by Crippen LogP contribution is 2.23. The fraction of sp³-hybridized carbons (Fsp3) is 0.353. The van der Waals surface area contributed by atoms with Crippen molar-refractivity contribution >= 4 is 5.91 Å². The van der Waals surface area contributed by atoms with Crippen LogP contribution in [-0.2, 0) is 6.42 Å². The Balaban J connectivity index is 1.95. The molecular weight excluding hydrogens is 278 g/mol. The monoisotopic (exact) mass is 299 g/mol. The summed E-state index contributed by atoms with van der Waals surface area (Å²) in [5.41, 5.74) is 3.83. The van der Waals surface area contributed by atoms with Crippen molar-refractivity contribution in [2.45, 2.75) is 27.2 Å². The van der Waals surface area contributed by atoms with E-state index >= 15 is 0 Å². The average Bonchev–Trinajstić information content (AvgIpc) is 2.53. The number of nitrogens with zero attached hydrogens (tertiary/aromatic N) is 2. The standard InChI is InChI=1S/C17H21N3O2/c1-4-22-16-10-12(2)14(9-13(16)3)5-6-20-17(21)15-11-18-7-8-19-15/h7-11H,4-6H2,1-3H3,(H,20,21). The zero-order chi connectivity index (χ0) is 15.9. The molecule has 22 heavy (non-hydrogen) atoms. The van der Waals surface area contributed by atoms with Crippen molar-refractivity contribution in [1.82, 2.24) is 15.3 Å². The second-order valence-electron chi connectivity index (χ2n) is 5.07. The molecule has 1 aromatic carbocycles. The Bertz CT molecular complexity index is 642. The minimum atomic E-state index is -0.201. The first kappa shape index (κ1) is 15.9. The lowest BCUT2D eigenvalue weighted by Crippen LogP contribution is -2.26. The lowest BCUT2D eigenvalue weighted by Gasteiger charge is -2.13. The molecule has 116 valence electrons. The molecule has 1 N–H and O–H groups in total. The molecule has 0 bridgehead atoms. The molecule has 1 aromatic heterocycles. The maximum Gasteiger partial charge on any atom is 0.271 e. The van der Waals surface area contributed by atoms with Gasteiger partial charge < -0.3 is 10.1 Å². The molecule has 0 spiro atoms. The summed E-state index contributed by atoms with van der Waals surface area (Å²) in [7, 11) is 0. The van der Waals surface area contributed by atoms with Crippen LogP contribution in [0.1, 0.15) is 34.1 Å². The number of carbonyl (C=O) groups is 1. The van der Waals surface area contributed by atoms with Gasteiger partial charge in [0.15, 0.2) is 0 Å². The van der Waals surface area contributed by atoms with Gasteiger partial charge in [-0.3, -0.25) is 9.78 Å². The van der Waals surface area contributed by atoms with Crippen molar-refractivity contribution in [3.63, 3.8) is 0 Å². The second kappa shape index (κ2) is 7.54. The second-order valence-corrected chi connectivity index (χ2v) is 5.07. The summed E-state index contributed by atoms with van der Waals surface area (Å²) in [6, 6.07) is 4.17. The molecule has 0 unspecified atom stereocenters. The van der Waals surface area contributed by atoms with Crippen molar-refractivity contribution < 1.29 is 9.53 Å². The molecule has 0 saturated heterocycles. The van der Waals surface area contributed by atoms with Crippen molar-refractivity contribution in [2.24, 2.45) is 0 Å². The fourth-order valence-corrected chi connectivity index (χ4v) is 2.25. The summed E-state index contributed by atoms with van der Waals surface area (Å²) in [5.74, 6) is 0.723. The van der Waals surface area contributed by atoms with Gasteiger partial charge in [-0.15, -0.1) is 0 Å². The van der Waals surface area contributed by atoms with Gasteiger partial charge in [-0.05, 0) is 49.9 Å². The summed E-state index contributed by atoms with van der Waals surface area (Å²) in [4.78, 5) is 19.8. The van der Waals surface area contributed by atoms with E-state index in [-0.39, 0.29) is 5.91 Å². The van der Waals surface area contributed by atoms with Crippen molar-refractivity contribution in [2.75, 3.05) is 13.2 Å². The summed E-state index contributed by atoms with van der Waals surface area (Å²) < 4.78 is 5.59. The molecule has 1 amide bonds. The Hall–Kier alpha value is -2.43. The van der Waals surface area contributed by atoms with Crippen LogP contribution in [0, 0.1) is 13.8 Å². The maximum atomic E-state index is 11.9. The number of aryl methyl sites for hydroxylation is 2. The van der Waals surface area contributed by atoms with Gasteiger partial charge in [0.05, 0.1) is 12.8 Å². The van der Waals surface area contributed by atoms with Crippen LogP contribution in [0.25, 0.3) is 0 Å². The fourth-order valence-electron chi connectivity index (χ4n) is 2.25. The first-order valence-corrected chi connectivity index (χ1v) is 7.39. The number of nitrogens with one attached hydrogen (secondary N) is 1. The third-order valence-corrected chi connectivity index (χ3v) is 3.41. The lowest BCUT2D eigenvalue weighted by atomic mass is 10.0. The molecule has 0 fully saturated rings. The zero-order valence-electron chi connectivity index (χ0n) is 13.2.